The summed E-state index contributed by atoms with van der Waals surface area (Å²) in [4.78, 5) is 0. The van der Waals surface area contributed by atoms with E-state index in [1.54, 1.807) is 0 Å². The number of nitrogens with one attached hydrogen (secondary N) is 1. The number of rotatable bonds is 0. The molecule has 0 bridgehead atoms. The summed E-state index contributed by atoms with van der Waals surface area (Å²) in [5, 5.41) is 7.28. The second kappa shape index (κ2) is 2.71. The molecule has 0 fully saturated rings. The highest BCUT2D eigenvalue weighted by Gasteiger charge is 2.09. The van der Waals surface area contributed by atoms with E-state index in [-0.39, 0.29) is 5.82 Å². The van der Waals surface area contributed by atoms with Gasteiger partial charge in [0.2, 0.25) is 0 Å². The molecular formula is C7H3BrClFN2. The summed E-state index contributed by atoms with van der Waals surface area (Å²) >= 11 is 9.00. The number of hydrogen-bond donors (Lipinski definition) is 1. The van der Waals surface area contributed by atoms with Gasteiger partial charge in [0.05, 0.1) is 11.2 Å². The molecule has 0 amide bonds. The molecule has 12 heavy (non-hydrogen) atoms. The number of aromatic nitrogens is 2. The van der Waals surface area contributed by atoms with E-state index in [1.807, 2.05) is 0 Å². The summed E-state index contributed by atoms with van der Waals surface area (Å²) in [6.45, 7) is 0. The molecule has 0 unspecified atom stereocenters. The van der Waals surface area contributed by atoms with Gasteiger partial charge in [0.15, 0.2) is 0 Å². The van der Waals surface area contributed by atoms with E-state index in [1.165, 1.54) is 12.3 Å². The fourth-order valence-corrected chi connectivity index (χ4v) is 1.62. The van der Waals surface area contributed by atoms with Gasteiger partial charge < -0.3 is 0 Å². The van der Waals surface area contributed by atoms with Crippen LogP contribution in [0.3, 0.4) is 0 Å². The summed E-state index contributed by atoms with van der Waals surface area (Å²) in [6.07, 6.45) is 1.49. The zero-order valence-electron chi connectivity index (χ0n) is 5.74. The van der Waals surface area contributed by atoms with Crippen LogP contribution in [0.25, 0.3) is 10.9 Å². The van der Waals surface area contributed by atoms with Gasteiger partial charge >= 0.3 is 0 Å². The molecular weight excluding hydrogens is 246 g/mol. The van der Waals surface area contributed by atoms with Gasteiger partial charge in [-0.2, -0.15) is 5.10 Å². The van der Waals surface area contributed by atoms with E-state index in [2.05, 4.69) is 26.1 Å². The lowest BCUT2D eigenvalue weighted by Gasteiger charge is -1.97. The summed E-state index contributed by atoms with van der Waals surface area (Å²) in [5.41, 5.74) is 0.336. The SMILES string of the molecule is Fc1cc(Br)c(Cl)c2cn[nH]c12. The van der Waals surface area contributed by atoms with Crippen molar-refractivity contribution < 1.29 is 4.39 Å². The average molecular weight is 249 g/mol. The van der Waals surface area contributed by atoms with Gasteiger partial charge in [-0.3, -0.25) is 5.10 Å². The first-order valence-corrected chi connectivity index (χ1v) is 4.34. The average Bonchev–Trinajstić information content (AvgIpc) is 2.48. The van der Waals surface area contributed by atoms with E-state index < -0.39 is 0 Å². The van der Waals surface area contributed by atoms with Gasteiger partial charge in [0.1, 0.15) is 11.3 Å². The van der Waals surface area contributed by atoms with Gasteiger partial charge in [-0.05, 0) is 22.0 Å². The zero-order valence-corrected chi connectivity index (χ0v) is 8.08. The molecule has 2 rings (SSSR count). The third kappa shape index (κ3) is 1.03. The quantitative estimate of drug-likeness (QED) is 0.714. The number of fused-ring (bicyclic) bond motifs is 1. The van der Waals surface area contributed by atoms with Crippen molar-refractivity contribution in [1.29, 1.82) is 0 Å². The van der Waals surface area contributed by atoms with E-state index in [4.69, 9.17) is 11.6 Å². The lowest BCUT2D eigenvalue weighted by atomic mass is 10.2. The van der Waals surface area contributed by atoms with E-state index in [0.29, 0.717) is 20.4 Å². The predicted octanol–water partition coefficient (Wildman–Crippen LogP) is 3.12. The van der Waals surface area contributed by atoms with Crippen molar-refractivity contribution in [3.63, 3.8) is 0 Å². The molecule has 1 aromatic heterocycles. The Morgan fingerprint density at radius 3 is 3.08 bits per heavy atom. The van der Waals surface area contributed by atoms with Crippen molar-refractivity contribution in [2.24, 2.45) is 0 Å². The van der Waals surface area contributed by atoms with Crippen LogP contribution in [0.2, 0.25) is 5.02 Å². The Morgan fingerprint density at radius 2 is 2.33 bits per heavy atom. The number of aromatic amines is 1. The Morgan fingerprint density at radius 1 is 1.58 bits per heavy atom. The summed E-state index contributed by atoms with van der Waals surface area (Å²) in [7, 11) is 0. The van der Waals surface area contributed by atoms with E-state index in [0.717, 1.165) is 0 Å². The minimum atomic E-state index is -0.362. The molecule has 0 aliphatic rings. The predicted molar refractivity (Wildman–Crippen MR) is 48.8 cm³/mol. The topological polar surface area (TPSA) is 28.7 Å². The first kappa shape index (κ1) is 8.01. The van der Waals surface area contributed by atoms with Crippen LogP contribution < -0.4 is 0 Å². The molecule has 5 heteroatoms. The van der Waals surface area contributed by atoms with Crippen molar-refractivity contribution in [1.82, 2.24) is 10.2 Å². The first-order valence-electron chi connectivity index (χ1n) is 3.16. The molecule has 0 atom stereocenters. The zero-order chi connectivity index (χ0) is 8.72. The lowest BCUT2D eigenvalue weighted by molar-refractivity contribution is 0.635. The van der Waals surface area contributed by atoms with Crippen LogP contribution in [0.5, 0.6) is 0 Å². The fraction of sp³-hybridized carbons (Fsp3) is 0. The third-order valence-electron chi connectivity index (χ3n) is 1.58. The highest BCUT2D eigenvalue weighted by Crippen LogP contribution is 2.31. The Kier molecular flexibility index (Phi) is 1.81. The van der Waals surface area contributed by atoms with Crippen molar-refractivity contribution in [2.45, 2.75) is 0 Å². The molecule has 0 spiro atoms. The number of benzene rings is 1. The third-order valence-corrected chi connectivity index (χ3v) is 2.84. The number of hydrogen-bond acceptors (Lipinski definition) is 1. The lowest BCUT2D eigenvalue weighted by Crippen LogP contribution is -1.80. The van der Waals surface area contributed by atoms with Crippen LogP contribution in [0.4, 0.5) is 4.39 Å². The smallest absolute Gasteiger partial charge is 0.150 e. The maximum Gasteiger partial charge on any atom is 0.150 e. The monoisotopic (exact) mass is 248 g/mol. The number of H-pyrrole nitrogens is 1. The van der Waals surface area contributed by atoms with Crippen molar-refractivity contribution in [3.05, 3.63) is 27.6 Å². The maximum absolute atomic E-state index is 13.1. The number of nitrogens with zero attached hydrogens (tertiary/aromatic N) is 1. The highest BCUT2D eigenvalue weighted by atomic mass is 79.9. The van der Waals surface area contributed by atoms with Crippen LogP contribution >= 0.6 is 27.5 Å². The second-order valence-corrected chi connectivity index (χ2v) is 3.55. The second-order valence-electron chi connectivity index (χ2n) is 2.31. The van der Waals surface area contributed by atoms with Crippen LogP contribution in [0, 0.1) is 5.82 Å². The molecule has 0 saturated carbocycles. The van der Waals surface area contributed by atoms with E-state index >= 15 is 0 Å². The molecule has 1 heterocycles. The standard InChI is InChI=1S/C7H3BrClFN2/c8-4-1-5(10)7-3(6(4)9)2-11-12-7/h1-2H,(H,11,12). The Bertz CT molecular complexity index is 440. The van der Waals surface area contributed by atoms with Crippen molar-refractivity contribution in [3.8, 4) is 0 Å². The molecule has 1 aromatic carbocycles. The highest BCUT2D eigenvalue weighted by molar-refractivity contribution is 9.10. The minimum absolute atomic E-state index is 0.336. The molecule has 1 N–H and O–H groups in total. The summed E-state index contributed by atoms with van der Waals surface area (Å²) < 4.78 is 13.6. The van der Waals surface area contributed by atoms with Crippen molar-refractivity contribution >= 4 is 38.4 Å². The molecule has 0 aliphatic heterocycles. The first-order chi connectivity index (χ1) is 5.70. The fourth-order valence-electron chi connectivity index (χ4n) is 1.01. The van der Waals surface area contributed by atoms with Crippen LogP contribution in [-0.2, 0) is 0 Å². The Hall–Kier alpha value is -0.610. The minimum Gasteiger partial charge on any atom is -0.275 e. The maximum atomic E-state index is 13.1. The van der Waals surface area contributed by atoms with Gasteiger partial charge in [-0.1, -0.05) is 11.6 Å². The Balaban J connectivity index is 2.97. The molecule has 0 saturated heterocycles. The Labute approximate surface area is 80.8 Å². The molecule has 2 aromatic rings. The number of halogens is 3. The van der Waals surface area contributed by atoms with Crippen LogP contribution in [-0.4, -0.2) is 10.2 Å². The van der Waals surface area contributed by atoms with Gasteiger partial charge in [-0.15, -0.1) is 0 Å². The van der Waals surface area contributed by atoms with Crippen molar-refractivity contribution in [2.75, 3.05) is 0 Å². The summed E-state index contributed by atoms with van der Waals surface area (Å²) in [6, 6.07) is 1.31. The molecule has 0 aliphatic carbocycles. The summed E-state index contributed by atoms with van der Waals surface area (Å²) in [5.74, 6) is -0.362. The molecule has 0 radical (unpaired) electrons. The van der Waals surface area contributed by atoms with Crippen LogP contribution in [0.1, 0.15) is 0 Å². The normalized spacial score (nSPS) is 10.9. The molecule has 62 valence electrons. The van der Waals surface area contributed by atoms with Gasteiger partial charge in [0, 0.05) is 9.86 Å². The van der Waals surface area contributed by atoms with Crippen LogP contribution in [0.15, 0.2) is 16.7 Å². The largest absolute Gasteiger partial charge is 0.275 e. The van der Waals surface area contributed by atoms with E-state index in [9.17, 15) is 4.39 Å². The van der Waals surface area contributed by atoms with Gasteiger partial charge in [0.25, 0.3) is 0 Å². The molecule has 2 nitrogen and oxygen atoms in total. The van der Waals surface area contributed by atoms with Gasteiger partial charge in [-0.25, -0.2) is 4.39 Å².